The molecule has 0 fully saturated rings. The van der Waals surface area contributed by atoms with Crippen LogP contribution in [0.25, 0.3) is 0 Å². The van der Waals surface area contributed by atoms with Crippen molar-refractivity contribution < 1.29 is 0 Å². The Bertz CT molecular complexity index is 250. The van der Waals surface area contributed by atoms with E-state index in [-0.39, 0.29) is 5.41 Å². The second-order valence-corrected chi connectivity index (χ2v) is 4.98. The van der Waals surface area contributed by atoms with Crippen LogP contribution in [0.3, 0.4) is 0 Å². The van der Waals surface area contributed by atoms with Gasteiger partial charge in [0, 0.05) is 16.8 Å². The van der Waals surface area contributed by atoms with Gasteiger partial charge < -0.3 is 5.32 Å². The molecule has 1 nitrogen and oxygen atoms in total. The zero-order valence-corrected chi connectivity index (χ0v) is 9.09. The summed E-state index contributed by atoms with van der Waals surface area (Å²) in [7, 11) is 2.00. The third kappa shape index (κ3) is 2.08. The highest BCUT2D eigenvalue weighted by atomic mass is 32.1. The maximum absolute atomic E-state index is 3.22. The zero-order valence-electron chi connectivity index (χ0n) is 8.27. The molecule has 1 N–H and O–H groups in total. The Hall–Kier alpha value is -0.340. The van der Waals surface area contributed by atoms with Crippen LogP contribution in [-0.2, 0) is 5.41 Å². The molecule has 1 heterocycles. The molecule has 0 spiro atoms. The van der Waals surface area contributed by atoms with Crippen molar-refractivity contribution in [3.8, 4) is 0 Å². The van der Waals surface area contributed by atoms with Crippen molar-refractivity contribution in [2.24, 2.45) is 0 Å². The van der Waals surface area contributed by atoms with Gasteiger partial charge in [-0.1, -0.05) is 13.8 Å². The summed E-state index contributed by atoms with van der Waals surface area (Å²) in [6, 6.07) is 2.28. The fourth-order valence-electron chi connectivity index (χ4n) is 1.34. The van der Waals surface area contributed by atoms with Crippen LogP contribution in [0.2, 0.25) is 0 Å². The lowest BCUT2D eigenvalue weighted by atomic mass is 9.86. The molecule has 0 amide bonds. The van der Waals surface area contributed by atoms with E-state index < -0.39 is 0 Å². The van der Waals surface area contributed by atoms with Crippen molar-refractivity contribution >= 4 is 11.3 Å². The smallest absolute Gasteiger partial charge is 0.00404 e. The molecule has 68 valence electrons. The molecular formula is C10H17NS. The first-order valence-corrected chi connectivity index (χ1v) is 5.14. The van der Waals surface area contributed by atoms with Crippen molar-refractivity contribution in [3.63, 3.8) is 0 Å². The maximum Gasteiger partial charge on any atom is 0.00404 e. The van der Waals surface area contributed by atoms with Gasteiger partial charge in [0.2, 0.25) is 0 Å². The Labute approximate surface area is 78.8 Å². The molecule has 1 rings (SSSR count). The number of likely N-dealkylation sites (N-methyl/N-ethyl adjacent to an activating group) is 1. The second kappa shape index (κ2) is 3.58. The number of aryl methyl sites for hydroxylation is 1. The molecule has 0 aliphatic rings. The Kier molecular flexibility index (Phi) is 2.91. The molecule has 1 aromatic heterocycles. The molecule has 1 aromatic rings. The zero-order chi connectivity index (χ0) is 9.19. The SMILES string of the molecule is CNCC(C)(C)c1csc(C)c1. The Morgan fingerprint density at radius 1 is 1.50 bits per heavy atom. The van der Waals surface area contributed by atoms with Crippen LogP contribution in [0.1, 0.15) is 24.3 Å². The minimum Gasteiger partial charge on any atom is -0.319 e. The average Bonchev–Trinajstić information content (AvgIpc) is 2.36. The van der Waals surface area contributed by atoms with E-state index in [0.717, 1.165) is 6.54 Å². The molecule has 2 heteroatoms. The number of rotatable bonds is 3. The molecule has 0 bridgehead atoms. The van der Waals surface area contributed by atoms with Gasteiger partial charge in [0.25, 0.3) is 0 Å². The summed E-state index contributed by atoms with van der Waals surface area (Å²) in [6.45, 7) is 7.72. The molecule has 0 aliphatic heterocycles. The van der Waals surface area contributed by atoms with Crippen LogP contribution in [0, 0.1) is 6.92 Å². The average molecular weight is 183 g/mol. The topological polar surface area (TPSA) is 12.0 Å². The van der Waals surface area contributed by atoms with Crippen LogP contribution >= 0.6 is 11.3 Å². The Morgan fingerprint density at radius 3 is 2.58 bits per heavy atom. The third-order valence-corrected chi connectivity index (χ3v) is 2.99. The Morgan fingerprint density at radius 2 is 2.17 bits per heavy atom. The van der Waals surface area contributed by atoms with Gasteiger partial charge in [-0.05, 0) is 31.0 Å². The number of thiophene rings is 1. The van der Waals surface area contributed by atoms with Gasteiger partial charge in [-0.15, -0.1) is 11.3 Å². The normalized spacial score (nSPS) is 12.0. The maximum atomic E-state index is 3.22. The summed E-state index contributed by atoms with van der Waals surface area (Å²) in [6.07, 6.45) is 0. The van der Waals surface area contributed by atoms with Crippen LogP contribution in [0.4, 0.5) is 0 Å². The van der Waals surface area contributed by atoms with E-state index in [1.807, 2.05) is 18.4 Å². The molecule has 0 saturated carbocycles. The minimum atomic E-state index is 0.263. The first-order chi connectivity index (χ1) is 5.56. The molecule has 0 unspecified atom stereocenters. The van der Waals surface area contributed by atoms with E-state index in [2.05, 4.69) is 37.5 Å². The van der Waals surface area contributed by atoms with E-state index in [1.165, 1.54) is 10.4 Å². The standard InChI is InChI=1S/C10H17NS/c1-8-5-9(6-12-8)10(2,3)7-11-4/h5-6,11H,7H2,1-4H3. The van der Waals surface area contributed by atoms with Crippen LogP contribution in [-0.4, -0.2) is 13.6 Å². The predicted molar refractivity (Wildman–Crippen MR) is 56.0 cm³/mol. The van der Waals surface area contributed by atoms with Gasteiger partial charge in [0.15, 0.2) is 0 Å². The summed E-state index contributed by atoms with van der Waals surface area (Å²) in [5.74, 6) is 0. The number of nitrogens with one attached hydrogen (secondary N) is 1. The van der Waals surface area contributed by atoms with E-state index >= 15 is 0 Å². The molecule has 0 aliphatic carbocycles. The van der Waals surface area contributed by atoms with Crippen molar-refractivity contribution in [1.82, 2.24) is 5.32 Å². The van der Waals surface area contributed by atoms with Gasteiger partial charge in [-0.3, -0.25) is 0 Å². The monoisotopic (exact) mass is 183 g/mol. The first kappa shape index (κ1) is 9.75. The summed E-state index contributed by atoms with van der Waals surface area (Å²) in [4.78, 5) is 1.40. The van der Waals surface area contributed by atoms with Crippen molar-refractivity contribution in [1.29, 1.82) is 0 Å². The summed E-state index contributed by atoms with van der Waals surface area (Å²) < 4.78 is 0. The van der Waals surface area contributed by atoms with E-state index in [1.54, 1.807) is 0 Å². The predicted octanol–water partition coefficient (Wildman–Crippen LogP) is 2.55. The molecule has 0 aromatic carbocycles. The third-order valence-electron chi connectivity index (χ3n) is 2.13. The number of hydrogen-bond acceptors (Lipinski definition) is 2. The van der Waals surface area contributed by atoms with E-state index in [9.17, 15) is 0 Å². The number of hydrogen-bond donors (Lipinski definition) is 1. The van der Waals surface area contributed by atoms with Gasteiger partial charge in [0.05, 0.1) is 0 Å². The van der Waals surface area contributed by atoms with Gasteiger partial charge in [-0.2, -0.15) is 0 Å². The van der Waals surface area contributed by atoms with Crippen LogP contribution < -0.4 is 5.32 Å². The lowest BCUT2D eigenvalue weighted by Gasteiger charge is -2.23. The van der Waals surface area contributed by atoms with Crippen molar-refractivity contribution in [2.45, 2.75) is 26.2 Å². The minimum absolute atomic E-state index is 0.263. The van der Waals surface area contributed by atoms with Crippen molar-refractivity contribution in [3.05, 3.63) is 21.9 Å². The molecular weight excluding hydrogens is 166 g/mol. The van der Waals surface area contributed by atoms with Gasteiger partial charge >= 0.3 is 0 Å². The quantitative estimate of drug-likeness (QED) is 0.759. The van der Waals surface area contributed by atoms with E-state index in [0.29, 0.717) is 0 Å². The largest absolute Gasteiger partial charge is 0.319 e. The summed E-state index contributed by atoms with van der Waals surface area (Å²) in [5.41, 5.74) is 1.71. The highest BCUT2D eigenvalue weighted by Crippen LogP contribution is 2.26. The lowest BCUT2D eigenvalue weighted by molar-refractivity contribution is 0.495. The summed E-state index contributed by atoms with van der Waals surface area (Å²) >= 11 is 1.83. The molecule has 0 saturated heterocycles. The van der Waals surface area contributed by atoms with Gasteiger partial charge in [0.1, 0.15) is 0 Å². The Balaban J connectivity index is 2.81. The van der Waals surface area contributed by atoms with E-state index in [4.69, 9.17) is 0 Å². The molecule has 12 heavy (non-hydrogen) atoms. The highest BCUT2D eigenvalue weighted by molar-refractivity contribution is 7.10. The van der Waals surface area contributed by atoms with Crippen LogP contribution in [0.15, 0.2) is 11.4 Å². The second-order valence-electron chi connectivity index (χ2n) is 3.86. The summed E-state index contributed by atoms with van der Waals surface area (Å²) in [5, 5.41) is 5.48. The van der Waals surface area contributed by atoms with Crippen LogP contribution in [0.5, 0.6) is 0 Å². The lowest BCUT2D eigenvalue weighted by Crippen LogP contribution is -2.30. The molecule has 0 radical (unpaired) electrons. The molecule has 0 atom stereocenters. The van der Waals surface area contributed by atoms with Crippen molar-refractivity contribution in [2.75, 3.05) is 13.6 Å². The highest BCUT2D eigenvalue weighted by Gasteiger charge is 2.20. The van der Waals surface area contributed by atoms with Gasteiger partial charge in [-0.25, -0.2) is 0 Å². The fourth-order valence-corrected chi connectivity index (χ4v) is 2.24. The first-order valence-electron chi connectivity index (χ1n) is 4.26. The fraction of sp³-hybridized carbons (Fsp3) is 0.600.